The van der Waals surface area contributed by atoms with Gasteiger partial charge in [0.05, 0.1) is 22.0 Å². The molecule has 0 spiro atoms. The second kappa shape index (κ2) is 5.57. The van der Waals surface area contributed by atoms with Gasteiger partial charge in [-0.1, -0.05) is 0 Å². The molecule has 9 heteroatoms. The Kier molecular flexibility index (Phi) is 4.15. The van der Waals surface area contributed by atoms with Crippen molar-refractivity contribution in [3.63, 3.8) is 0 Å². The molecule has 1 saturated heterocycles. The fourth-order valence-electron chi connectivity index (χ4n) is 2.21. The zero-order valence-corrected chi connectivity index (χ0v) is 13.0. The molecule has 114 valence electrons. The highest BCUT2D eigenvalue weighted by Crippen LogP contribution is 2.23. The van der Waals surface area contributed by atoms with Gasteiger partial charge in [-0.2, -0.15) is 0 Å². The van der Waals surface area contributed by atoms with Crippen molar-refractivity contribution in [2.24, 2.45) is 0 Å². The van der Waals surface area contributed by atoms with Crippen molar-refractivity contribution in [1.82, 2.24) is 5.32 Å². The molecule has 1 aromatic carbocycles. The number of benzene rings is 1. The lowest BCUT2D eigenvalue weighted by Crippen LogP contribution is -2.48. The van der Waals surface area contributed by atoms with Crippen molar-refractivity contribution >= 4 is 38.5 Å². The Labute approximate surface area is 127 Å². The molecule has 0 saturated carbocycles. The van der Waals surface area contributed by atoms with Crippen molar-refractivity contribution in [2.75, 3.05) is 16.8 Å². The van der Waals surface area contributed by atoms with Gasteiger partial charge in [0.25, 0.3) is 5.69 Å². The number of nitro groups is 1. The Bertz CT molecular complexity index is 672. The van der Waals surface area contributed by atoms with Crippen molar-refractivity contribution in [3.8, 4) is 0 Å². The first kappa shape index (κ1) is 15.6. The van der Waals surface area contributed by atoms with E-state index in [1.54, 1.807) is 19.1 Å². The molecule has 7 nitrogen and oxygen atoms in total. The highest BCUT2D eigenvalue weighted by molar-refractivity contribution is 7.91. The third-order valence-corrected chi connectivity index (χ3v) is 5.36. The fraction of sp³-hybridized carbons (Fsp3) is 0.417. The number of hydrogen-bond donors (Lipinski definition) is 2. The quantitative estimate of drug-likeness (QED) is 0.492. The normalized spacial score (nSPS) is 23.5. The van der Waals surface area contributed by atoms with Crippen molar-refractivity contribution in [2.45, 2.75) is 18.9 Å². The summed E-state index contributed by atoms with van der Waals surface area (Å²) in [7, 11) is -3.01. The van der Waals surface area contributed by atoms with Crippen LogP contribution in [0.25, 0.3) is 0 Å². The van der Waals surface area contributed by atoms with Crippen molar-refractivity contribution in [3.05, 3.63) is 34.4 Å². The van der Waals surface area contributed by atoms with E-state index in [1.807, 2.05) is 0 Å². The van der Waals surface area contributed by atoms with E-state index in [0.29, 0.717) is 17.2 Å². The van der Waals surface area contributed by atoms with E-state index in [9.17, 15) is 18.5 Å². The van der Waals surface area contributed by atoms with Gasteiger partial charge in [0.15, 0.2) is 14.9 Å². The van der Waals surface area contributed by atoms with Crippen molar-refractivity contribution < 1.29 is 13.3 Å². The number of rotatable bonds is 3. The minimum Gasteiger partial charge on any atom is -0.356 e. The van der Waals surface area contributed by atoms with E-state index in [-0.39, 0.29) is 17.2 Å². The maximum absolute atomic E-state index is 11.5. The molecule has 0 amide bonds. The van der Waals surface area contributed by atoms with Crippen LogP contribution in [0, 0.1) is 10.1 Å². The number of thiocarbonyl (C=S) groups is 1. The molecule has 0 radical (unpaired) electrons. The molecule has 1 unspecified atom stereocenters. The number of nitrogens with one attached hydrogen (secondary N) is 2. The van der Waals surface area contributed by atoms with Crippen LogP contribution in [0.15, 0.2) is 24.3 Å². The smallest absolute Gasteiger partial charge is 0.269 e. The van der Waals surface area contributed by atoms with Gasteiger partial charge in [0, 0.05) is 17.8 Å². The second-order valence-corrected chi connectivity index (χ2v) is 7.88. The SMILES string of the molecule is CC1(NC(=S)Nc2ccc([N+](=O)[O-])cc2)CCS(=O)(=O)C1. The van der Waals surface area contributed by atoms with Crippen LogP contribution in [0.3, 0.4) is 0 Å². The number of anilines is 1. The van der Waals surface area contributed by atoms with Crippen LogP contribution < -0.4 is 10.6 Å². The van der Waals surface area contributed by atoms with E-state index < -0.39 is 20.3 Å². The van der Waals surface area contributed by atoms with E-state index in [2.05, 4.69) is 10.6 Å². The lowest BCUT2D eigenvalue weighted by Gasteiger charge is -2.25. The third-order valence-electron chi connectivity index (χ3n) is 3.25. The summed E-state index contributed by atoms with van der Waals surface area (Å²) in [6.07, 6.45) is 0.497. The van der Waals surface area contributed by atoms with Crippen LogP contribution in [0.1, 0.15) is 13.3 Å². The molecule has 1 aliphatic rings. The largest absolute Gasteiger partial charge is 0.356 e. The van der Waals surface area contributed by atoms with Crippen LogP contribution in [0.5, 0.6) is 0 Å². The summed E-state index contributed by atoms with van der Waals surface area (Å²) in [6, 6.07) is 5.82. The van der Waals surface area contributed by atoms with Gasteiger partial charge in [0.1, 0.15) is 0 Å². The summed E-state index contributed by atoms with van der Waals surface area (Å²) >= 11 is 5.15. The van der Waals surface area contributed by atoms with Gasteiger partial charge >= 0.3 is 0 Å². The second-order valence-electron chi connectivity index (χ2n) is 5.29. The summed E-state index contributed by atoms with van der Waals surface area (Å²) in [5.74, 6) is 0.193. The molecule has 0 aromatic heterocycles. The first-order valence-electron chi connectivity index (χ1n) is 6.23. The zero-order chi connectivity index (χ0) is 15.7. The Morgan fingerprint density at radius 2 is 2.00 bits per heavy atom. The van der Waals surface area contributed by atoms with Gasteiger partial charge < -0.3 is 10.6 Å². The standard InChI is InChI=1S/C12H15N3O4S2/c1-12(6-7-21(18,19)8-12)14-11(20)13-9-2-4-10(5-3-9)15(16)17/h2-5H,6-8H2,1H3,(H2,13,14,20). The summed E-state index contributed by atoms with van der Waals surface area (Å²) in [6.45, 7) is 1.81. The van der Waals surface area contributed by atoms with Crippen LogP contribution in [-0.4, -0.2) is 35.5 Å². The Hall–Kier alpha value is -1.74. The molecule has 1 fully saturated rings. The zero-order valence-electron chi connectivity index (χ0n) is 11.3. The minimum atomic E-state index is -3.01. The lowest BCUT2D eigenvalue weighted by atomic mass is 10.0. The summed E-state index contributed by atoms with van der Waals surface area (Å²) in [4.78, 5) is 10.1. The van der Waals surface area contributed by atoms with Crippen LogP contribution in [0.2, 0.25) is 0 Å². The molecule has 0 aliphatic carbocycles. The summed E-state index contributed by atoms with van der Waals surface area (Å²) in [5.41, 5.74) is 0.0137. The van der Waals surface area contributed by atoms with E-state index in [1.165, 1.54) is 12.1 Å². The Balaban J connectivity index is 1.97. The van der Waals surface area contributed by atoms with Crippen LogP contribution in [0.4, 0.5) is 11.4 Å². The predicted octanol–water partition coefficient (Wildman–Crippen LogP) is 1.46. The van der Waals surface area contributed by atoms with Gasteiger partial charge in [0.2, 0.25) is 0 Å². The lowest BCUT2D eigenvalue weighted by molar-refractivity contribution is -0.384. The maximum Gasteiger partial charge on any atom is 0.269 e. The topological polar surface area (TPSA) is 101 Å². The first-order valence-corrected chi connectivity index (χ1v) is 8.46. The molecule has 1 aliphatic heterocycles. The van der Waals surface area contributed by atoms with Crippen molar-refractivity contribution in [1.29, 1.82) is 0 Å². The molecule has 0 bridgehead atoms. The number of sulfone groups is 1. The molecular weight excluding hydrogens is 314 g/mol. The van der Waals surface area contributed by atoms with Gasteiger partial charge in [-0.15, -0.1) is 0 Å². The molecule has 21 heavy (non-hydrogen) atoms. The molecule has 1 atom stereocenters. The average Bonchev–Trinajstić information content (AvgIpc) is 2.63. The van der Waals surface area contributed by atoms with E-state index in [4.69, 9.17) is 12.2 Å². The van der Waals surface area contributed by atoms with Gasteiger partial charge in [-0.3, -0.25) is 10.1 Å². The summed E-state index contributed by atoms with van der Waals surface area (Å²) in [5, 5.41) is 16.7. The van der Waals surface area contributed by atoms with Crippen LogP contribution in [-0.2, 0) is 9.84 Å². The molecular formula is C12H15N3O4S2. The highest BCUT2D eigenvalue weighted by Gasteiger charge is 2.38. The number of nitro benzene ring substituents is 1. The fourth-order valence-corrected chi connectivity index (χ4v) is 4.67. The van der Waals surface area contributed by atoms with Crippen LogP contribution >= 0.6 is 12.2 Å². The number of nitrogens with zero attached hydrogens (tertiary/aromatic N) is 1. The molecule has 2 rings (SSSR count). The maximum atomic E-state index is 11.5. The average molecular weight is 329 g/mol. The third kappa shape index (κ3) is 4.11. The van der Waals surface area contributed by atoms with E-state index in [0.717, 1.165) is 0 Å². The molecule has 1 aromatic rings. The van der Waals surface area contributed by atoms with Gasteiger partial charge in [-0.25, -0.2) is 8.42 Å². The Morgan fingerprint density at radius 1 is 1.38 bits per heavy atom. The van der Waals surface area contributed by atoms with Gasteiger partial charge in [-0.05, 0) is 37.7 Å². The monoisotopic (exact) mass is 329 g/mol. The molecule has 2 N–H and O–H groups in total. The predicted molar refractivity (Wildman–Crippen MR) is 84.1 cm³/mol. The summed E-state index contributed by atoms with van der Waals surface area (Å²) < 4.78 is 23.0. The number of non-ortho nitro benzene ring substituents is 1. The minimum absolute atomic E-state index is 0.00623. The van der Waals surface area contributed by atoms with E-state index >= 15 is 0 Å². The first-order chi connectivity index (χ1) is 9.69. The highest BCUT2D eigenvalue weighted by atomic mass is 32.2. The Morgan fingerprint density at radius 3 is 2.48 bits per heavy atom. The number of hydrogen-bond acceptors (Lipinski definition) is 5. The molecule has 1 heterocycles.